The van der Waals surface area contributed by atoms with Crippen molar-refractivity contribution in [3.8, 4) is 5.75 Å². The van der Waals surface area contributed by atoms with Crippen LogP contribution in [0.4, 0.5) is 0 Å². The second-order valence-corrected chi connectivity index (χ2v) is 3.36. The Morgan fingerprint density at radius 3 is 2.76 bits per heavy atom. The van der Waals surface area contributed by atoms with Gasteiger partial charge in [0.2, 0.25) is 0 Å². The molecular formula is C11H13N5O. The van der Waals surface area contributed by atoms with E-state index in [1.165, 1.54) is 6.33 Å². The molecule has 0 saturated heterocycles. The van der Waals surface area contributed by atoms with E-state index in [1.54, 1.807) is 31.8 Å². The summed E-state index contributed by atoms with van der Waals surface area (Å²) in [5.74, 6) is 6.23. The van der Waals surface area contributed by atoms with Crippen LogP contribution in [0.1, 0.15) is 17.3 Å². The van der Waals surface area contributed by atoms with Crippen LogP contribution in [0.2, 0.25) is 0 Å². The van der Waals surface area contributed by atoms with Gasteiger partial charge in [-0.3, -0.25) is 10.8 Å². The van der Waals surface area contributed by atoms with Gasteiger partial charge < -0.3 is 4.74 Å². The van der Waals surface area contributed by atoms with Gasteiger partial charge in [0.1, 0.15) is 17.8 Å². The fourth-order valence-electron chi connectivity index (χ4n) is 1.58. The van der Waals surface area contributed by atoms with Crippen LogP contribution in [0, 0.1) is 0 Å². The predicted octanol–water partition coefficient (Wildman–Crippen LogP) is 0.433. The molecular weight excluding hydrogens is 218 g/mol. The number of pyridine rings is 1. The Morgan fingerprint density at radius 1 is 1.35 bits per heavy atom. The highest BCUT2D eigenvalue weighted by atomic mass is 16.5. The lowest BCUT2D eigenvalue weighted by Crippen LogP contribution is -2.30. The van der Waals surface area contributed by atoms with Crippen molar-refractivity contribution in [2.75, 3.05) is 7.11 Å². The number of hydrogen-bond acceptors (Lipinski definition) is 6. The maximum Gasteiger partial charge on any atom is 0.142 e. The van der Waals surface area contributed by atoms with Crippen molar-refractivity contribution in [1.29, 1.82) is 0 Å². The molecule has 0 aliphatic carbocycles. The lowest BCUT2D eigenvalue weighted by molar-refractivity contribution is 0.400. The van der Waals surface area contributed by atoms with E-state index in [0.29, 0.717) is 11.4 Å². The zero-order valence-corrected chi connectivity index (χ0v) is 9.37. The van der Waals surface area contributed by atoms with Crippen molar-refractivity contribution in [2.24, 2.45) is 5.84 Å². The lowest BCUT2D eigenvalue weighted by Gasteiger charge is -2.17. The molecule has 0 amide bonds. The Morgan fingerprint density at radius 2 is 2.12 bits per heavy atom. The van der Waals surface area contributed by atoms with E-state index in [1.807, 2.05) is 6.07 Å². The van der Waals surface area contributed by atoms with Gasteiger partial charge >= 0.3 is 0 Å². The fraction of sp³-hybridized carbons (Fsp3) is 0.182. The topological polar surface area (TPSA) is 86.0 Å². The van der Waals surface area contributed by atoms with Crippen LogP contribution in [0.25, 0.3) is 0 Å². The minimum absolute atomic E-state index is 0.299. The van der Waals surface area contributed by atoms with Gasteiger partial charge in [-0.25, -0.2) is 15.4 Å². The summed E-state index contributed by atoms with van der Waals surface area (Å²) in [4.78, 5) is 12.2. The Balaban J connectivity index is 2.42. The third-order valence-electron chi connectivity index (χ3n) is 2.37. The highest BCUT2D eigenvalue weighted by Crippen LogP contribution is 2.26. The van der Waals surface area contributed by atoms with Crippen LogP contribution in [0.5, 0.6) is 5.75 Å². The molecule has 6 nitrogen and oxygen atoms in total. The molecule has 0 radical (unpaired) electrons. The fourth-order valence-corrected chi connectivity index (χ4v) is 1.58. The number of rotatable bonds is 4. The van der Waals surface area contributed by atoms with Crippen LogP contribution in [0.15, 0.2) is 37.1 Å². The third-order valence-corrected chi connectivity index (χ3v) is 2.37. The molecule has 0 fully saturated rings. The van der Waals surface area contributed by atoms with Crippen LogP contribution < -0.4 is 16.0 Å². The van der Waals surface area contributed by atoms with Gasteiger partial charge in [-0.1, -0.05) is 0 Å². The summed E-state index contributed by atoms with van der Waals surface area (Å²) in [6.07, 6.45) is 6.52. The van der Waals surface area contributed by atoms with Crippen LogP contribution in [0.3, 0.4) is 0 Å². The van der Waals surface area contributed by atoms with Crippen molar-refractivity contribution in [2.45, 2.75) is 6.04 Å². The van der Waals surface area contributed by atoms with Crippen LogP contribution in [-0.2, 0) is 0 Å². The van der Waals surface area contributed by atoms with Crippen molar-refractivity contribution in [1.82, 2.24) is 20.4 Å². The number of hydrogen-bond donors (Lipinski definition) is 2. The second-order valence-electron chi connectivity index (χ2n) is 3.36. The molecule has 3 N–H and O–H groups in total. The first kappa shape index (κ1) is 11.4. The molecule has 1 unspecified atom stereocenters. The first-order valence-corrected chi connectivity index (χ1v) is 5.06. The second kappa shape index (κ2) is 5.33. The zero-order chi connectivity index (χ0) is 12.1. The van der Waals surface area contributed by atoms with Crippen molar-refractivity contribution >= 4 is 0 Å². The number of ether oxygens (including phenoxy) is 1. The van der Waals surface area contributed by atoms with Crippen LogP contribution >= 0.6 is 0 Å². The molecule has 2 rings (SSSR count). The Bertz CT molecular complexity index is 476. The minimum atomic E-state index is -0.299. The Kier molecular flexibility index (Phi) is 3.59. The summed E-state index contributed by atoms with van der Waals surface area (Å²) in [6.45, 7) is 0. The standard InChI is InChI=1S/C11H13N5O/c1-17-9-3-2-4-15-11(9)10(16-12)8-5-13-7-14-6-8/h2-7,10,16H,12H2,1H3. The molecule has 0 aromatic carbocycles. The molecule has 0 bridgehead atoms. The van der Waals surface area contributed by atoms with Gasteiger partial charge in [0, 0.05) is 24.2 Å². The van der Waals surface area contributed by atoms with E-state index in [0.717, 1.165) is 5.56 Å². The average molecular weight is 231 g/mol. The smallest absolute Gasteiger partial charge is 0.142 e. The van der Waals surface area contributed by atoms with Gasteiger partial charge in [0.15, 0.2) is 0 Å². The summed E-state index contributed by atoms with van der Waals surface area (Å²) in [6, 6.07) is 3.33. The molecule has 0 aliphatic heterocycles. The van der Waals surface area contributed by atoms with Crippen molar-refractivity contribution in [3.05, 3.63) is 48.3 Å². The molecule has 2 heterocycles. The molecule has 88 valence electrons. The average Bonchev–Trinajstić information content (AvgIpc) is 2.41. The number of aromatic nitrogens is 3. The zero-order valence-electron chi connectivity index (χ0n) is 9.37. The lowest BCUT2D eigenvalue weighted by atomic mass is 10.1. The summed E-state index contributed by atoms with van der Waals surface area (Å²) in [5, 5.41) is 0. The Hall–Kier alpha value is -2.05. The van der Waals surface area contributed by atoms with E-state index in [4.69, 9.17) is 10.6 Å². The minimum Gasteiger partial charge on any atom is -0.495 e. The number of nitrogens with two attached hydrogens (primary N) is 1. The highest BCUT2D eigenvalue weighted by Gasteiger charge is 2.18. The van der Waals surface area contributed by atoms with E-state index in [9.17, 15) is 0 Å². The van der Waals surface area contributed by atoms with Gasteiger partial charge in [-0.2, -0.15) is 0 Å². The molecule has 1 atom stereocenters. The maximum atomic E-state index is 5.56. The number of nitrogens with one attached hydrogen (secondary N) is 1. The van der Waals surface area contributed by atoms with Crippen molar-refractivity contribution in [3.63, 3.8) is 0 Å². The molecule has 0 spiro atoms. The summed E-state index contributed by atoms with van der Waals surface area (Å²) >= 11 is 0. The van der Waals surface area contributed by atoms with Gasteiger partial charge in [-0.15, -0.1) is 0 Å². The predicted molar refractivity (Wildman–Crippen MR) is 62.0 cm³/mol. The number of hydrazine groups is 1. The van der Waals surface area contributed by atoms with E-state index in [2.05, 4.69) is 20.4 Å². The van der Waals surface area contributed by atoms with E-state index >= 15 is 0 Å². The quantitative estimate of drug-likeness (QED) is 0.586. The van der Waals surface area contributed by atoms with Crippen LogP contribution in [-0.4, -0.2) is 22.1 Å². The van der Waals surface area contributed by atoms with E-state index < -0.39 is 0 Å². The molecule has 2 aromatic rings. The van der Waals surface area contributed by atoms with Gasteiger partial charge in [-0.05, 0) is 12.1 Å². The van der Waals surface area contributed by atoms with Crippen molar-refractivity contribution < 1.29 is 4.74 Å². The summed E-state index contributed by atoms with van der Waals surface area (Å²) < 4.78 is 5.25. The molecule has 2 aromatic heterocycles. The largest absolute Gasteiger partial charge is 0.495 e. The summed E-state index contributed by atoms with van der Waals surface area (Å²) in [5.41, 5.74) is 4.21. The Labute approximate surface area is 98.9 Å². The monoisotopic (exact) mass is 231 g/mol. The summed E-state index contributed by atoms with van der Waals surface area (Å²) in [7, 11) is 1.59. The third kappa shape index (κ3) is 2.38. The van der Waals surface area contributed by atoms with Gasteiger partial charge in [0.05, 0.1) is 13.2 Å². The number of methoxy groups -OCH3 is 1. The molecule has 0 saturated carbocycles. The SMILES string of the molecule is COc1cccnc1C(NN)c1cncnc1. The van der Waals surface area contributed by atoms with E-state index in [-0.39, 0.29) is 6.04 Å². The molecule has 0 aliphatic rings. The highest BCUT2D eigenvalue weighted by molar-refractivity contribution is 5.34. The maximum absolute atomic E-state index is 5.56. The first-order valence-electron chi connectivity index (χ1n) is 5.06. The normalized spacial score (nSPS) is 12.1. The first-order chi connectivity index (χ1) is 8.36. The van der Waals surface area contributed by atoms with Gasteiger partial charge in [0.25, 0.3) is 0 Å². The molecule has 17 heavy (non-hydrogen) atoms. The molecule has 6 heteroatoms. The number of nitrogens with zero attached hydrogens (tertiary/aromatic N) is 3.